The Morgan fingerprint density at radius 2 is 2.00 bits per heavy atom. The Morgan fingerprint density at radius 3 is 2.58 bits per heavy atom. The number of likely N-dealkylation sites (N-methyl/N-ethyl adjacent to an activating group) is 1. The lowest BCUT2D eigenvalue weighted by atomic mass is 9.98. The lowest BCUT2D eigenvalue weighted by molar-refractivity contribution is 0.0663. The molecule has 2 aromatic rings. The molecule has 31 heavy (non-hydrogen) atoms. The fraction of sp³-hybridized carbons (Fsp3) is 0.273. The van der Waals surface area contributed by atoms with Gasteiger partial charge in [-0.3, -0.25) is 4.79 Å². The largest absolute Gasteiger partial charge is 0.494 e. The molecule has 9 heteroatoms. The van der Waals surface area contributed by atoms with Crippen molar-refractivity contribution in [3.63, 3.8) is 0 Å². The van der Waals surface area contributed by atoms with Crippen LogP contribution in [0.3, 0.4) is 0 Å². The number of aliphatic hydroxyl groups is 1. The number of nitrogens with zero attached hydrogens (tertiary/aromatic N) is 4. The number of anilines is 1. The molecule has 0 saturated carbocycles. The molecule has 0 bridgehead atoms. The maximum atomic E-state index is 14.3. The molecule has 0 atom stereocenters. The van der Waals surface area contributed by atoms with E-state index in [0.29, 0.717) is 18.7 Å². The fourth-order valence-electron chi connectivity index (χ4n) is 3.31. The standard InChI is InChI=1S/C22H23FN6O2/c1-14-17(5-3-15(11-24)20(14)23)18(12-25)21(30)27-19-6-4-16(13-26-19)22(31)29-9-7-28(2)8-10-29/h3-6,12-13,25,30H,7-10H2,1-2H3,(H,26,27)/b21-18-,25-12?. The Hall–Kier alpha value is -3.77. The SMILES string of the molecule is Cc1c(/C(C=N)=C(\O)Nc2ccc(C(=O)N3CCN(C)CC3)cn2)ccc(C#N)c1F. The highest BCUT2D eigenvalue weighted by Crippen LogP contribution is 2.24. The molecular formula is C22H23FN6O2. The lowest BCUT2D eigenvalue weighted by Gasteiger charge is -2.32. The summed E-state index contributed by atoms with van der Waals surface area (Å²) in [5, 5.41) is 29.7. The van der Waals surface area contributed by atoms with Gasteiger partial charge in [-0.1, -0.05) is 6.07 Å². The van der Waals surface area contributed by atoms with Crippen LogP contribution in [0, 0.1) is 29.5 Å². The maximum absolute atomic E-state index is 14.3. The Morgan fingerprint density at radius 1 is 1.29 bits per heavy atom. The predicted octanol–water partition coefficient (Wildman–Crippen LogP) is 2.78. The highest BCUT2D eigenvalue weighted by Gasteiger charge is 2.21. The van der Waals surface area contributed by atoms with Gasteiger partial charge in [0.05, 0.1) is 16.7 Å². The number of carbonyl (C=O) groups is 1. The van der Waals surface area contributed by atoms with Gasteiger partial charge in [0.1, 0.15) is 17.7 Å². The molecule has 2 heterocycles. The molecule has 0 aliphatic carbocycles. The molecule has 1 fully saturated rings. The van der Waals surface area contributed by atoms with E-state index in [2.05, 4.69) is 15.2 Å². The normalized spacial score (nSPS) is 15.1. The van der Waals surface area contributed by atoms with Gasteiger partial charge in [0.25, 0.3) is 5.91 Å². The zero-order valence-electron chi connectivity index (χ0n) is 17.3. The van der Waals surface area contributed by atoms with Gasteiger partial charge in [0, 0.05) is 38.6 Å². The van der Waals surface area contributed by atoms with Gasteiger partial charge < -0.3 is 25.6 Å². The van der Waals surface area contributed by atoms with Crippen molar-refractivity contribution >= 4 is 23.5 Å². The van der Waals surface area contributed by atoms with Gasteiger partial charge in [0.2, 0.25) is 0 Å². The third-order valence-electron chi connectivity index (χ3n) is 5.24. The van der Waals surface area contributed by atoms with Crippen LogP contribution in [0.15, 0.2) is 36.3 Å². The summed E-state index contributed by atoms with van der Waals surface area (Å²) in [5.41, 5.74) is 0.793. The molecule has 0 unspecified atom stereocenters. The number of pyridine rings is 1. The number of rotatable bonds is 5. The summed E-state index contributed by atoms with van der Waals surface area (Å²) in [6.45, 7) is 4.42. The summed E-state index contributed by atoms with van der Waals surface area (Å²) in [5.74, 6) is -0.931. The number of hydrogen-bond acceptors (Lipinski definition) is 7. The molecule has 3 rings (SSSR count). The molecule has 1 aromatic carbocycles. The monoisotopic (exact) mass is 422 g/mol. The zero-order chi connectivity index (χ0) is 22.5. The number of amides is 1. The number of aliphatic hydroxyl groups excluding tert-OH is 1. The number of benzene rings is 1. The summed E-state index contributed by atoms with van der Waals surface area (Å²) < 4.78 is 14.3. The molecule has 1 aliphatic rings. The van der Waals surface area contributed by atoms with Crippen LogP contribution in [-0.4, -0.2) is 65.2 Å². The van der Waals surface area contributed by atoms with E-state index in [1.165, 1.54) is 25.3 Å². The van der Waals surface area contributed by atoms with Gasteiger partial charge in [-0.15, -0.1) is 0 Å². The summed E-state index contributed by atoms with van der Waals surface area (Å²) in [7, 11) is 2.01. The molecule has 1 amide bonds. The first kappa shape index (κ1) is 21.9. The van der Waals surface area contributed by atoms with Crippen LogP contribution in [-0.2, 0) is 0 Å². The van der Waals surface area contributed by atoms with Crippen molar-refractivity contribution in [3.8, 4) is 6.07 Å². The van der Waals surface area contributed by atoms with Crippen molar-refractivity contribution in [3.05, 3.63) is 64.4 Å². The van der Waals surface area contributed by atoms with E-state index in [4.69, 9.17) is 10.7 Å². The number of aromatic nitrogens is 1. The first-order valence-electron chi connectivity index (χ1n) is 9.70. The van der Waals surface area contributed by atoms with Gasteiger partial charge in [-0.25, -0.2) is 9.37 Å². The molecule has 1 saturated heterocycles. The molecule has 1 aromatic heterocycles. The minimum absolute atomic E-state index is 0.0419. The Labute approximate surface area is 179 Å². The van der Waals surface area contributed by atoms with Gasteiger partial charge in [-0.2, -0.15) is 5.26 Å². The van der Waals surface area contributed by atoms with Gasteiger partial charge in [0.15, 0.2) is 5.88 Å². The number of nitriles is 1. The van der Waals surface area contributed by atoms with Crippen molar-refractivity contribution in [1.29, 1.82) is 10.7 Å². The summed E-state index contributed by atoms with van der Waals surface area (Å²) in [4.78, 5) is 20.7. The second-order valence-corrected chi connectivity index (χ2v) is 7.27. The summed E-state index contributed by atoms with van der Waals surface area (Å²) >= 11 is 0. The van der Waals surface area contributed by atoms with Gasteiger partial charge >= 0.3 is 0 Å². The van der Waals surface area contributed by atoms with E-state index < -0.39 is 11.7 Å². The molecule has 1 aliphatic heterocycles. The summed E-state index contributed by atoms with van der Waals surface area (Å²) in [6, 6.07) is 7.69. The van der Waals surface area contributed by atoms with E-state index in [9.17, 15) is 14.3 Å². The Kier molecular flexibility index (Phi) is 6.62. The number of halogens is 1. The van der Waals surface area contributed by atoms with Crippen LogP contribution in [0.1, 0.15) is 27.0 Å². The first-order valence-corrected chi connectivity index (χ1v) is 9.70. The van der Waals surface area contributed by atoms with Crippen molar-refractivity contribution in [2.75, 3.05) is 38.5 Å². The Balaban J connectivity index is 1.79. The Bertz CT molecular complexity index is 1070. The minimum atomic E-state index is -0.697. The third kappa shape index (κ3) is 4.70. The van der Waals surface area contributed by atoms with Crippen molar-refractivity contribution < 1.29 is 14.3 Å². The second kappa shape index (κ2) is 9.36. The van der Waals surface area contributed by atoms with E-state index >= 15 is 0 Å². The van der Waals surface area contributed by atoms with Gasteiger partial charge in [-0.05, 0) is 43.3 Å². The molecule has 0 radical (unpaired) electrons. The zero-order valence-corrected chi connectivity index (χ0v) is 17.3. The van der Waals surface area contributed by atoms with Crippen LogP contribution >= 0.6 is 0 Å². The molecule has 160 valence electrons. The number of carbonyl (C=O) groups excluding carboxylic acids is 1. The smallest absolute Gasteiger partial charge is 0.255 e. The lowest BCUT2D eigenvalue weighted by Crippen LogP contribution is -2.47. The number of hydrogen-bond donors (Lipinski definition) is 3. The van der Waals surface area contributed by atoms with Crippen LogP contribution in [0.25, 0.3) is 5.57 Å². The van der Waals surface area contributed by atoms with Crippen molar-refractivity contribution in [2.45, 2.75) is 6.92 Å². The number of piperazine rings is 1. The van der Waals surface area contributed by atoms with Crippen molar-refractivity contribution in [2.24, 2.45) is 0 Å². The first-order chi connectivity index (χ1) is 14.8. The topological polar surface area (TPSA) is 116 Å². The third-order valence-corrected chi connectivity index (χ3v) is 5.24. The van der Waals surface area contributed by atoms with E-state index in [1.54, 1.807) is 23.1 Å². The van der Waals surface area contributed by atoms with Crippen LogP contribution in [0.2, 0.25) is 0 Å². The molecule has 8 nitrogen and oxygen atoms in total. The van der Waals surface area contributed by atoms with Crippen LogP contribution in [0.4, 0.5) is 10.2 Å². The summed E-state index contributed by atoms with van der Waals surface area (Å²) in [6.07, 6.45) is 2.31. The van der Waals surface area contributed by atoms with E-state index in [-0.39, 0.29) is 34.0 Å². The molecule has 0 spiro atoms. The highest BCUT2D eigenvalue weighted by atomic mass is 19.1. The minimum Gasteiger partial charge on any atom is -0.494 e. The van der Waals surface area contributed by atoms with Crippen LogP contribution in [0.5, 0.6) is 0 Å². The number of allylic oxidation sites excluding steroid dienone is 1. The van der Waals surface area contributed by atoms with E-state index in [0.717, 1.165) is 19.3 Å². The quantitative estimate of drug-likeness (QED) is 0.504. The molecular weight excluding hydrogens is 399 g/mol. The predicted molar refractivity (Wildman–Crippen MR) is 115 cm³/mol. The second-order valence-electron chi connectivity index (χ2n) is 7.27. The highest BCUT2D eigenvalue weighted by molar-refractivity contribution is 6.10. The average molecular weight is 422 g/mol. The number of nitrogens with one attached hydrogen (secondary N) is 2. The molecule has 3 N–H and O–H groups in total. The fourth-order valence-corrected chi connectivity index (χ4v) is 3.31. The average Bonchev–Trinajstić information content (AvgIpc) is 2.78. The van der Waals surface area contributed by atoms with Crippen molar-refractivity contribution in [1.82, 2.24) is 14.8 Å². The maximum Gasteiger partial charge on any atom is 0.255 e. The van der Waals surface area contributed by atoms with E-state index in [1.807, 2.05) is 7.05 Å². The van der Waals surface area contributed by atoms with Crippen LogP contribution < -0.4 is 5.32 Å².